The number of aromatic nitrogens is 2. The van der Waals surface area contributed by atoms with Gasteiger partial charge in [-0.2, -0.15) is 0 Å². The molecule has 0 atom stereocenters. The molecule has 2 aromatic rings. The van der Waals surface area contributed by atoms with Crippen LogP contribution in [0.4, 0.5) is 6.01 Å². The molecule has 1 saturated heterocycles. The van der Waals surface area contributed by atoms with Gasteiger partial charge < -0.3 is 19.4 Å². The molecule has 6 heteroatoms. The Morgan fingerprint density at radius 2 is 1.95 bits per heavy atom. The molecule has 106 valence electrons. The van der Waals surface area contributed by atoms with Crippen LogP contribution in [0.25, 0.3) is 11.5 Å². The molecule has 1 aliphatic heterocycles. The third-order valence-corrected chi connectivity index (χ3v) is 3.21. The Bertz CT molecular complexity index is 547. The molecule has 0 aliphatic carbocycles. The quantitative estimate of drug-likeness (QED) is 0.912. The third-order valence-electron chi connectivity index (χ3n) is 3.21. The summed E-state index contributed by atoms with van der Waals surface area (Å²) in [6, 6.07) is 8.27. The second kappa shape index (κ2) is 5.92. The smallest absolute Gasteiger partial charge is 0.318 e. The van der Waals surface area contributed by atoms with Crippen molar-refractivity contribution >= 4 is 6.01 Å². The number of hydrogen-bond acceptors (Lipinski definition) is 6. The number of piperazine rings is 1. The van der Waals surface area contributed by atoms with Crippen molar-refractivity contribution in [3.8, 4) is 17.2 Å². The Morgan fingerprint density at radius 3 is 2.65 bits per heavy atom. The maximum Gasteiger partial charge on any atom is 0.318 e. The highest BCUT2D eigenvalue weighted by Crippen LogP contribution is 2.24. The Kier molecular flexibility index (Phi) is 3.83. The first-order valence-corrected chi connectivity index (χ1v) is 6.89. The zero-order valence-corrected chi connectivity index (χ0v) is 11.5. The van der Waals surface area contributed by atoms with Crippen LogP contribution in [0.2, 0.25) is 0 Å². The Hall–Kier alpha value is -2.08. The Balaban J connectivity index is 1.75. The van der Waals surface area contributed by atoms with Gasteiger partial charge in [0.05, 0.1) is 6.61 Å². The second-order valence-corrected chi connectivity index (χ2v) is 4.58. The normalized spacial score (nSPS) is 15.3. The number of nitrogens with zero attached hydrogens (tertiary/aromatic N) is 3. The maximum absolute atomic E-state index is 5.74. The van der Waals surface area contributed by atoms with Gasteiger partial charge in [0.1, 0.15) is 5.75 Å². The molecule has 0 spiro atoms. The summed E-state index contributed by atoms with van der Waals surface area (Å²) in [6.45, 7) is 6.30. The van der Waals surface area contributed by atoms with Gasteiger partial charge in [0.15, 0.2) is 0 Å². The van der Waals surface area contributed by atoms with E-state index >= 15 is 0 Å². The summed E-state index contributed by atoms with van der Waals surface area (Å²) in [6.07, 6.45) is 0. The van der Waals surface area contributed by atoms with E-state index in [1.54, 1.807) is 0 Å². The molecule has 6 nitrogen and oxygen atoms in total. The fourth-order valence-electron chi connectivity index (χ4n) is 2.18. The summed E-state index contributed by atoms with van der Waals surface area (Å²) in [5, 5.41) is 11.5. The van der Waals surface area contributed by atoms with Gasteiger partial charge in [-0.15, -0.1) is 5.10 Å². The van der Waals surface area contributed by atoms with Crippen molar-refractivity contribution in [3.05, 3.63) is 24.3 Å². The minimum absolute atomic E-state index is 0.543. The van der Waals surface area contributed by atoms with Gasteiger partial charge in [-0.1, -0.05) is 5.10 Å². The van der Waals surface area contributed by atoms with Gasteiger partial charge in [-0.3, -0.25) is 0 Å². The number of ether oxygens (including phenoxy) is 1. The Labute approximate surface area is 117 Å². The summed E-state index contributed by atoms with van der Waals surface area (Å²) in [5.41, 5.74) is 0.905. The molecule has 1 aliphatic rings. The van der Waals surface area contributed by atoms with E-state index in [-0.39, 0.29) is 0 Å². The van der Waals surface area contributed by atoms with E-state index in [0.29, 0.717) is 18.5 Å². The number of anilines is 1. The highest BCUT2D eigenvalue weighted by Gasteiger charge is 2.17. The number of nitrogens with one attached hydrogen (secondary N) is 1. The lowest BCUT2D eigenvalue weighted by Gasteiger charge is -2.24. The van der Waals surface area contributed by atoms with Gasteiger partial charge >= 0.3 is 6.01 Å². The fourth-order valence-corrected chi connectivity index (χ4v) is 2.18. The van der Waals surface area contributed by atoms with Crippen molar-refractivity contribution in [2.45, 2.75) is 6.92 Å². The molecule has 2 heterocycles. The van der Waals surface area contributed by atoms with Crippen molar-refractivity contribution in [2.24, 2.45) is 0 Å². The van der Waals surface area contributed by atoms with E-state index in [2.05, 4.69) is 20.4 Å². The first-order chi connectivity index (χ1) is 9.86. The van der Waals surface area contributed by atoms with Crippen molar-refractivity contribution < 1.29 is 9.15 Å². The highest BCUT2D eigenvalue weighted by molar-refractivity contribution is 5.55. The van der Waals surface area contributed by atoms with Gasteiger partial charge in [0, 0.05) is 31.7 Å². The SMILES string of the molecule is CCOc1ccc(-c2nnc(N3CCNCC3)o2)cc1. The predicted molar refractivity (Wildman–Crippen MR) is 76.0 cm³/mol. The van der Waals surface area contributed by atoms with Gasteiger partial charge in [0.2, 0.25) is 5.89 Å². The molecule has 1 aromatic carbocycles. The monoisotopic (exact) mass is 274 g/mol. The average Bonchev–Trinajstić information content (AvgIpc) is 2.99. The van der Waals surface area contributed by atoms with Gasteiger partial charge in [-0.25, -0.2) is 0 Å². The van der Waals surface area contributed by atoms with E-state index in [4.69, 9.17) is 9.15 Å². The lowest BCUT2D eigenvalue weighted by molar-refractivity contribution is 0.340. The van der Waals surface area contributed by atoms with Crippen LogP contribution in [-0.2, 0) is 0 Å². The maximum atomic E-state index is 5.74. The molecule has 1 fully saturated rings. The van der Waals surface area contributed by atoms with E-state index in [1.807, 2.05) is 31.2 Å². The molecule has 0 saturated carbocycles. The lowest BCUT2D eigenvalue weighted by atomic mass is 10.2. The van der Waals surface area contributed by atoms with Crippen molar-refractivity contribution in [1.82, 2.24) is 15.5 Å². The Morgan fingerprint density at radius 1 is 1.20 bits per heavy atom. The molecule has 20 heavy (non-hydrogen) atoms. The minimum atomic E-state index is 0.543. The summed E-state index contributed by atoms with van der Waals surface area (Å²) >= 11 is 0. The number of benzene rings is 1. The van der Waals surface area contributed by atoms with E-state index in [1.165, 1.54) is 0 Å². The van der Waals surface area contributed by atoms with E-state index in [0.717, 1.165) is 37.5 Å². The number of rotatable bonds is 4. The first-order valence-electron chi connectivity index (χ1n) is 6.89. The van der Waals surface area contributed by atoms with E-state index in [9.17, 15) is 0 Å². The van der Waals surface area contributed by atoms with Crippen LogP contribution in [-0.4, -0.2) is 43.0 Å². The zero-order chi connectivity index (χ0) is 13.8. The summed E-state index contributed by atoms with van der Waals surface area (Å²) < 4.78 is 11.2. The molecule has 0 radical (unpaired) electrons. The van der Waals surface area contributed by atoms with Gasteiger partial charge in [-0.05, 0) is 31.2 Å². The molecule has 0 unspecified atom stereocenters. The summed E-state index contributed by atoms with van der Waals surface area (Å²) in [7, 11) is 0. The molecule has 3 rings (SSSR count). The van der Waals surface area contributed by atoms with Gasteiger partial charge in [0.25, 0.3) is 0 Å². The van der Waals surface area contributed by atoms with Crippen LogP contribution in [0, 0.1) is 0 Å². The topological polar surface area (TPSA) is 63.4 Å². The zero-order valence-electron chi connectivity index (χ0n) is 11.5. The lowest BCUT2D eigenvalue weighted by Crippen LogP contribution is -2.43. The predicted octanol–water partition coefficient (Wildman–Crippen LogP) is 1.54. The van der Waals surface area contributed by atoms with Crippen molar-refractivity contribution in [2.75, 3.05) is 37.7 Å². The van der Waals surface area contributed by atoms with Crippen LogP contribution in [0.3, 0.4) is 0 Å². The molecule has 1 N–H and O–H groups in total. The third kappa shape index (κ3) is 2.75. The largest absolute Gasteiger partial charge is 0.494 e. The van der Waals surface area contributed by atoms with Crippen LogP contribution in [0.5, 0.6) is 5.75 Å². The van der Waals surface area contributed by atoms with Crippen LogP contribution >= 0.6 is 0 Å². The van der Waals surface area contributed by atoms with Crippen molar-refractivity contribution in [3.63, 3.8) is 0 Å². The van der Waals surface area contributed by atoms with E-state index < -0.39 is 0 Å². The standard InChI is InChI=1S/C14H18N4O2/c1-2-19-12-5-3-11(4-6-12)13-16-17-14(20-13)18-9-7-15-8-10-18/h3-6,15H,2,7-10H2,1H3. The molecule has 0 bridgehead atoms. The fraction of sp³-hybridized carbons (Fsp3) is 0.429. The molecule has 1 aromatic heterocycles. The first kappa shape index (κ1) is 12.9. The summed E-state index contributed by atoms with van der Waals surface area (Å²) in [4.78, 5) is 2.10. The highest BCUT2D eigenvalue weighted by atomic mass is 16.5. The average molecular weight is 274 g/mol. The van der Waals surface area contributed by atoms with Crippen LogP contribution in [0.15, 0.2) is 28.7 Å². The second-order valence-electron chi connectivity index (χ2n) is 4.58. The van der Waals surface area contributed by atoms with Crippen LogP contribution < -0.4 is 15.0 Å². The molecule has 0 amide bonds. The summed E-state index contributed by atoms with van der Waals surface area (Å²) in [5.74, 6) is 1.39. The number of hydrogen-bond donors (Lipinski definition) is 1. The molecular formula is C14H18N4O2. The minimum Gasteiger partial charge on any atom is -0.494 e. The van der Waals surface area contributed by atoms with Crippen molar-refractivity contribution in [1.29, 1.82) is 0 Å². The molecular weight excluding hydrogens is 256 g/mol. The van der Waals surface area contributed by atoms with Crippen LogP contribution in [0.1, 0.15) is 6.92 Å².